The Hall–Kier alpha value is -2.83. The second kappa shape index (κ2) is 6.74. The lowest BCUT2D eigenvalue weighted by molar-refractivity contribution is -0.140. The summed E-state index contributed by atoms with van der Waals surface area (Å²) in [6.45, 7) is 2.93. The van der Waals surface area contributed by atoms with Crippen molar-refractivity contribution in [1.29, 1.82) is 0 Å². The van der Waals surface area contributed by atoms with Crippen LogP contribution >= 0.6 is 0 Å². The minimum absolute atomic E-state index is 0.300. The van der Waals surface area contributed by atoms with Crippen molar-refractivity contribution in [3.05, 3.63) is 52.2 Å². The molecule has 2 heterocycles. The molecule has 0 radical (unpaired) electrons. The van der Waals surface area contributed by atoms with E-state index in [2.05, 4.69) is 10.3 Å². The lowest BCUT2D eigenvalue weighted by Crippen LogP contribution is -2.30. The summed E-state index contributed by atoms with van der Waals surface area (Å²) in [5, 5.41) is 12.3. The molecule has 7 nitrogen and oxygen atoms in total. The minimum atomic E-state index is -1.00. The number of aryl methyl sites for hydroxylation is 1. The number of hydrogen-bond donors (Lipinski definition) is 2. The van der Waals surface area contributed by atoms with Crippen LogP contribution in [0.5, 0.6) is 5.75 Å². The average Bonchev–Trinajstić information content (AvgIpc) is 3.00. The van der Waals surface area contributed by atoms with E-state index in [0.29, 0.717) is 37.5 Å². The van der Waals surface area contributed by atoms with Crippen LogP contribution in [0, 0.1) is 0 Å². The fraction of sp³-hybridized carbons (Fsp3) is 0.353. The van der Waals surface area contributed by atoms with Gasteiger partial charge in [-0.15, -0.1) is 0 Å². The third-order valence-corrected chi connectivity index (χ3v) is 4.00. The molecule has 0 fully saturated rings. The van der Waals surface area contributed by atoms with Crippen molar-refractivity contribution in [2.24, 2.45) is 0 Å². The number of fused-ring (bicyclic) bond motifs is 1. The predicted molar refractivity (Wildman–Crippen MR) is 88.4 cm³/mol. The highest BCUT2D eigenvalue weighted by atomic mass is 16.5. The van der Waals surface area contributed by atoms with E-state index in [0.717, 1.165) is 11.3 Å². The van der Waals surface area contributed by atoms with E-state index in [1.807, 2.05) is 31.2 Å². The Morgan fingerprint density at radius 1 is 1.50 bits per heavy atom. The molecule has 0 amide bonds. The smallest absolute Gasteiger partial charge is 0.326 e. The second-order valence-electron chi connectivity index (χ2n) is 5.59. The van der Waals surface area contributed by atoms with Gasteiger partial charge >= 0.3 is 5.97 Å². The molecule has 0 unspecified atom stereocenters. The van der Waals surface area contributed by atoms with Crippen LogP contribution in [-0.4, -0.2) is 27.2 Å². The molecule has 0 saturated carbocycles. The van der Waals surface area contributed by atoms with E-state index in [1.54, 1.807) is 0 Å². The molecular formula is C17H19N3O4. The zero-order valence-electron chi connectivity index (χ0n) is 13.4. The van der Waals surface area contributed by atoms with Crippen molar-refractivity contribution < 1.29 is 14.6 Å². The first kappa shape index (κ1) is 16.0. The van der Waals surface area contributed by atoms with Crippen LogP contribution in [0.25, 0.3) is 0 Å². The zero-order chi connectivity index (χ0) is 17.1. The second-order valence-corrected chi connectivity index (χ2v) is 5.59. The molecular weight excluding hydrogens is 310 g/mol. The van der Waals surface area contributed by atoms with Gasteiger partial charge in [0.1, 0.15) is 23.3 Å². The van der Waals surface area contributed by atoms with Crippen molar-refractivity contribution in [1.82, 2.24) is 9.55 Å². The fourth-order valence-electron chi connectivity index (χ4n) is 2.87. The zero-order valence-corrected chi connectivity index (χ0v) is 13.4. The number of hydrogen-bond acceptors (Lipinski definition) is 5. The van der Waals surface area contributed by atoms with Crippen LogP contribution < -0.4 is 15.6 Å². The molecule has 2 N–H and O–H groups in total. The molecule has 3 rings (SSSR count). The molecule has 0 bridgehead atoms. The number of nitrogens with zero attached hydrogens (tertiary/aromatic N) is 2. The van der Waals surface area contributed by atoms with Gasteiger partial charge in [-0.1, -0.05) is 12.1 Å². The number of aromatic nitrogens is 2. The lowest BCUT2D eigenvalue weighted by atomic mass is 10.2. The van der Waals surface area contributed by atoms with E-state index in [1.165, 1.54) is 10.8 Å². The Bertz CT molecular complexity index is 816. The number of rotatable bonds is 6. The fourth-order valence-corrected chi connectivity index (χ4v) is 2.87. The monoisotopic (exact) mass is 329 g/mol. The third kappa shape index (κ3) is 3.10. The summed E-state index contributed by atoms with van der Waals surface area (Å²) < 4.78 is 6.73. The number of ether oxygens (including phenoxy) is 1. The van der Waals surface area contributed by atoms with Gasteiger partial charge in [-0.3, -0.25) is 9.36 Å². The van der Waals surface area contributed by atoms with Crippen LogP contribution in [-0.2, 0) is 17.8 Å². The normalized spacial score (nSPS) is 15.8. The third-order valence-electron chi connectivity index (χ3n) is 4.00. The van der Waals surface area contributed by atoms with E-state index in [4.69, 9.17) is 4.74 Å². The van der Waals surface area contributed by atoms with Gasteiger partial charge in [-0.25, -0.2) is 9.78 Å². The van der Waals surface area contributed by atoms with Gasteiger partial charge in [-0.2, -0.15) is 0 Å². The predicted octanol–water partition coefficient (Wildman–Crippen LogP) is 1.83. The van der Waals surface area contributed by atoms with E-state index in [-0.39, 0.29) is 5.56 Å². The Morgan fingerprint density at radius 3 is 3.08 bits per heavy atom. The molecule has 0 aliphatic carbocycles. The summed E-state index contributed by atoms with van der Waals surface area (Å²) in [5.74, 6) is 0.294. The standard InChI is InChI=1S/C17H19N3O4/c1-2-24-12-5-3-4-11(8-12)9-18-13-10-19-15-7-6-14(17(22)23)20(15)16(13)21/h3-5,8,10,14,18H,2,6-7,9H2,1H3,(H,22,23)/t14-/m0/s1. The van der Waals surface area contributed by atoms with Crippen molar-refractivity contribution in [3.8, 4) is 5.75 Å². The first-order valence-corrected chi connectivity index (χ1v) is 7.89. The van der Waals surface area contributed by atoms with E-state index < -0.39 is 12.0 Å². The molecule has 1 aliphatic heterocycles. The number of carbonyl (C=O) groups is 1. The average molecular weight is 329 g/mol. The summed E-state index contributed by atoms with van der Waals surface area (Å²) in [7, 11) is 0. The number of carboxylic acid groups (broad SMARTS) is 1. The van der Waals surface area contributed by atoms with Gasteiger partial charge in [0.15, 0.2) is 0 Å². The summed E-state index contributed by atoms with van der Waals surface area (Å²) in [6, 6.07) is 6.75. The maximum Gasteiger partial charge on any atom is 0.326 e. The summed E-state index contributed by atoms with van der Waals surface area (Å²) in [4.78, 5) is 28.0. The summed E-state index contributed by atoms with van der Waals surface area (Å²) in [6.07, 6.45) is 2.38. The quantitative estimate of drug-likeness (QED) is 0.840. The molecule has 1 aliphatic rings. The van der Waals surface area contributed by atoms with Crippen LogP contribution in [0.3, 0.4) is 0 Å². The van der Waals surface area contributed by atoms with E-state index in [9.17, 15) is 14.7 Å². The largest absolute Gasteiger partial charge is 0.494 e. The maximum atomic E-state index is 12.5. The Balaban J connectivity index is 1.80. The van der Waals surface area contributed by atoms with Crippen LogP contribution in [0.15, 0.2) is 35.3 Å². The molecule has 126 valence electrons. The van der Waals surface area contributed by atoms with Crippen molar-refractivity contribution in [2.75, 3.05) is 11.9 Å². The number of nitrogens with one attached hydrogen (secondary N) is 1. The van der Waals surface area contributed by atoms with Crippen LogP contribution in [0.2, 0.25) is 0 Å². The van der Waals surface area contributed by atoms with Crippen LogP contribution in [0.1, 0.15) is 30.8 Å². The number of aliphatic carboxylic acids is 1. The maximum absolute atomic E-state index is 12.5. The van der Waals surface area contributed by atoms with Crippen LogP contribution in [0.4, 0.5) is 5.69 Å². The highest BCUT2D eigenvalue weighted by molar-refractivity contribution is 5.72. The molecule has 2 aromatic rings. The van der Waals surface area contributed by atoms with Gasteiger partial charge in [0, 0.05) is 13.0 Å². The van der Waals surface area contributed by atoms with Gasteiger partial charge < -0.3 is 15.2 Å². The lowest BCUT2D eigenvalue weighted by Gasteiger charge is -2.12. The first-order valence-electron chi connectivity index (χ1n) is 7.89. The van der Waals surface area contributed by atoms with Crippen molar-refractivity contribution in [3.63, 3.8) is 0 Å². The van der Waals surface area contributed by atoms with Crippen molar-refractivity contribution >= 4 is 11.7 Å². The molecule has 24 heavy (non-hydrogen) atoms. The Labute approximate surface area is 138 Å². The molecule has 1 aromatic carbocycles. The Kier molecular flexibility index (Phi) is 4.50. The highest BCUT2D eigenvalue weighted by Crippen LogP contribution is 2.23. The minimum Gasteiger partial charge on any atom is -0.494 e. The topological polar surface area (TPSA) is 93.5 Å². The molecule has 1 atom stereocenters. The SMILES string of the molecule is CCOc1cccc(CNc2cnc3n(c2=O)[C@H](C(=O)O)CC3)c1. The Morgan fingerprint density at radius 2 is 2.33 bits per heavy atom. The number of anilines is 1. The van der Waals surface area contributed by atoms with E-state index >= 15 is 0 Å². The molecule has 1 aromatic heterocycles. The van der Waals surface area contributed by atoms with Gasteiger partial charge in [0.05, 0.1) is 12.8 Å². The molecule has 0 spiro atoms. The van der Waals surface area contributed by atoms with Crippen molar-refractivity contribution in [2.45, 2.75) is 32.4 Å². The number of benzene rings is 1. The highest BCUT2D eigenvalue weighted by Gasteiger charge is 2.30. The van der Waals surface area contributed by atoms with Gasteiger partial charge in [0.25, 0.3) is 5.56 Å². The molecule has 7 heteroatoms. The molecule has 0 saturated heterocycles. The summed E-state index contributed by atoms with van der Waals surface area (Å²) in [5.41, 5.74) is 0.917. The number of carboxylic acids is 1. The van der Waals surface area contributed by atoms with Gasteiger partial charge in [0.2, 0.25) is 0 Å². The first-order chi connectivity index (χ1) is 11.6. The van der Waals surface area contributed by atoms with Gasteiger partial charge in [-0.05, 0) is 31.0 Å². The summed E-state index contributed by atoms with van der Waals surface area (Å²) >= 11 is 0.